The molecule has 1 heterocycles. The van der Waals surface area contributed by atoms with Crippen molar-refractivity contribution in [3.8, 4) is 0 Å². The summed E-state index contributed by atoms with van der Waals surface area (Å²) in [4.78, 5) is 0. The lowest BCUT2D eigenvalue weighted by Gasteiger charge is -2.13. The van der Waals surface area contributed by atoms with Gasteiger partial charge in [-0.2, -0.15) is 0 Å². The van der Waals surface area contributed by atoms with Gasteiger partial charge in [-0.3, -0.25) is 0 Å². The van der Waals surface area contributed by atoms with E-state index < -0.39 is 6.43 Å². The number of aromatic nitrogens is 2. The van der Waals surface area contributed by atoms with E-state index in [-0.39, 0.29) is 11.0 Å². The van der Waals surface area contributed by atoms with Gasteiger partial charge in [0.1, 0.15) is 0 Å². The minimum absolute atomic E-state index is 0.145. The van der Waals surface area contributed by atoms with E-state index in [0.29, 0.717) is 15.2 Å². The predicted molar refractivity (Wildman–Crippen MR) is 73.4 cm³/mol. The van der Waals surface area contributed by atoms with Crippen LogP contribution in [0.1, 0.15) is 30.0 Å². The van der Waals surface area contributed by atoms with E-state index in [2.05, 4.69) is 15.5 Å². The molecule has 2 rings (SSSR count). The smallest absolute Gasteiger partial charge is 0.291 e. The van der Waals surface area contributed by atoms with Crippen molar-refractivity contribution in [2.45, 2.75) is 19.4 Å². The summed E-state index contributed by atoms with van der Waals surface area (Å²) in [7, 11) is 0. The summed E-state index contributed by atoms with van der Waals surface area (Å²) < 4.78 is 24.8. The molecule has 8 heteroatoms. The van der Waals surface area contributed by atoms with Crippen LogP contribution in [0, 0.1) is 0 Å². The quantitative estimate of drug-likeness (QED) is 0.864. The first-order chi connectivity index (χ1) is 8.97. The molecule has 0 saturated carbocycles. The molecule has 1 aromatic heterocycles. The Morgan fingerprint density at radius 3 is 2.53 bits per heavy atom. The van der Waals surface area contributed by atoms with Gasteiger partial charge in [0.2, 0.25) is 5.13 Å². The Morgan fingerprint density at radius 2 is 1.95 bits per heavy atom. The zero-order valence-corrected chi connectivity index (χ0v) is 12.0. The Morgan fingerprint density at radius 1 is 1.21 bits per heavy atom. The fraction of sp³-hybridized carbons (Fsp3) is 0.273. The standard InChI is InChI=1S/C11H9Cl2F2N3S/c1-5(6-2-3-7(12)8(13)4-6)16-11-18-17-10(19-11)9(14)15/h2-5,9H,1H3,(H,16,18)/t5-/m1/s1. The van der Waals surface area contributed by atoms with Crippen molar-refractivity contribution in [2.75, 3.05) is 5.32 Å². The molecule has 0 bridgehead atoms. The lowest BCUT2D eigenvalue weighted by atomic mass is 10.1. The van der Waals surface area contributed by atoms with Crippen molar-refractivity contribution < 1.29 is 8.78 Å². The lowest BCUT2D eigenvalue weighted by molar-refractivity contribution is 0.150. The molecule has 0 saturated heterocycles. The van der Waals surface area contributed by atoms with Gasteiger partial charge in [-0.15, -0.1) is 10.2 Å². The molecule has 1 atom stereocenters. The molecule has 1 aromatic carbocycles. The van der Waals surface area contributed by atoms with Crippen LogP contribution in [0.3, 0.4) is 0 Å². The number of nitrogens with one attached hydrogen (secondary N) is 1. The van der Waals surface area contributed by atoms with Crippen LogP contribution in [0.4, 0.5) is 13.9 Å². The van der Waals surface area contributed by atoms with Crippen LogP contribution >= 0.6 is 34.5 Å². The van der Waals surface area contributed by atoms with Crippen LogP contribution in [-0.4, -0.2) is 10.2 Å². The summed E-state index contributed by atoms with van der Waals surface area (Å²) in [5.74, 6) is 0. The summed E-state index contributed by atoms with van der Waals surface area (Å²) in [5, 5.41) is 11.0. The van der Waals surface area contributed by atoms with E-state index in [1.54, 1.807) is 18.2 Å². The zero-order chi connectivity index (χ0) is 14.0. The highest BCUT2D eigenvalue weighted by molar-refractivity contribution is 7.15. The number of rotatable bonds is 4. The third-order valence-electron chi connectivity index (χ3n) is 2.41. The highest BCUT2D eigenvalue weighted by atomic mass is 35.5. The van der Waals surface area contributed by atoms with E-state index in [4.69, 9.17) is 23.2 Å². The van der Waals surface area contributed by atoms with Crippen LogP contribution < -0.4 is 5.32 Å². The summed E-state index contributed by atoms with van der Waals surface area (Å²) >= 11 is 12.6. The fourth-order valence-electron chi connectivity index (χ4n) is 1.43. The van der Waals surface area contributed by atoms with E-state index in [1.165, 1.54) is 0 Å². The second-order valence-corrected chi connectivity index (χ2v) is 5.61. The molecule has 2 aromatic rings. The molecule has 1 N–H and O–H groups in total. The molecule has 0 spiro atoms. The van der Waals surface area contributed by atoms with E-state index in [0.717, 1.165) is 16.9 Å². The van der Waals surface area contributed by atoms with Gasteiger partial charge in [-0.05, 0) is 24.6 Å². The third kappa shape index (κ3) is 3.52. The van der Waals surface area contributed by atoms with Crippen molar-refractivity contribution in [3.63, 3.8) is 0 Å². The molecular formula is C11H9Cl2F2N3S. The third-order valence-corrected chi connectivity index (χ3v) is 4.01. The molecule has 0 aliphatic heterocycles. The molecule has 0 aliphatic carbocycles. The second-order valence-electron chi connectivity index (χ2n) is 3.79. The topological polar surface area (TPSA) is 37.8 Å². The fourth-order valence-corrected chi connectivity index (χ4v) is 2.42. The number of halogens is 4. The number of nitrogens with zero attached hydrogens (tertiary/aromatic N) is 2. The number of hydrogen-bond donors (Lipinski definition) is 1. The first kappa shape index (κ1) is 14.4. The summed E-state index contributed by atoms with van der Waals surface area (Å²) in [6.45, 7) is 1.86. The molecular weight excluding hydrogens is 315 g/mol. The van der Waals surface area contributed by atoms with Gasteiger partial charge in [0.25, 0.3) is 6.43 Å². The van der Waals surface area contributed by atoms with Gasteiger partial charge >= 0.3 is 0 Å². The van der Waals surface area contributed by atoms with Gasteiger partial charge in [-0.1, -0.05) is 40.6 Å². The van der Waals surface area contributed by atoms with Gasteiger partial charge in [0, 0.05) is 0 Å². The minimum Gasteiger partial charge on any atom is -0.354 e. The van der Waals surface area contributed by atoms with Gasteiger partial charge in [-0.25, -0.2) is 8.78 Å². The Labute approximate surface area is 122 Å². The molecule has 0 radical (unpaired) electrons. The normalized spacial score (nSPS) is 12.7. The number of hydrogen-bond acceptors (Lipinski definition) is 4. The van der Waals surface area contributed by atoms with E-state index >= 15 is 0 Å². The SMILES string of the molecule is C[C@@H](Nc1nnc(C(F)F)s1)c1ccc(Cl)c(Cl)c1. The first-order valence-electron chi connectivity index (χ1n) is 5.30. The summed E-state index contributed by atoms with van der Waals surface area (Å²) in [6.07, 6.45) is -2.60. The van der Waals surface area contributed by atoms with Crippen molar-refractivity contribution in [3.05, 3.63) is 38.8 Å². The largest absolute Gasteiger partial charge is 0.354 e. The number of benzene rings is 1. The average Bonchev–Trinajstić information content (AvgIpc) is 2.81. The first-order valence-corrected chi connectivity index (χ1v) is 6.87. The summed E-state index contributed by atoms with van der Waals surface area (Å²) in [6, 6.07) is 5.06. The van der Waals surface area contributed by atoms with Crippen LogP contribution in [-0.2, 0) is 0 Å². The second kappa shape index (κ2) is 5.98. The number of anilines is 1. The molecule has 0 unspecified atom stereocenters. The highest BCUT2D eigenvalue weighted by Crippen LogP contribution is 2.30. The van der Waals surface area contributed by atoms with Gasteiger partial charge in [0.15, 0.2) is 5.01 Å². The monoisotopic (exact) mass is 323 g/mol. The molecule has 0 amide bonds. The van der Waals surface area contributed by atoms with Crippen LogP contribution in [0.25, 0.3) is 0 Å². The molecule has 0 aliphatic rings. The maximum absolute atomic E-state index is 12.4. The maximum atomic E-state index is 12.4. The summed E-state index contributed by atoms with van der Waals surface area (Å²) in [5.41, 5.74) is 0.878. The minimum atomic E-state index is -2.60. The Kier molecular flexibility index (Phi) is 4.54. The lowest BCUT2D eigenvalue weighted by Crippen LogP contribution is -2.06. The van der Waals surface area contributed by atoms with Crippen LogP contribution in [0.2, 0.25) is 10.0 Å². The van der Waals surface area contributed by atoms with Crippen molar-refractivity contribution in [1.82, 2.24) is 10.2 Å². The predicted octanol–water partition coefficient (Wildman–Crippen LogP) is 4.96. The van der Waals surface area contributed by atoms with Crippen molar-refractivity contribution in [2.24, 2.45) is 0 Å². The Bertz CT molecular complexity index is 577. The molecule has 3 nitrogen and oxygen atoms in total. The molecule has 0 fully saturated rings. The molecule has 102 valence electrons. The molecule has 19 heavy (non-hydrogen) atoms. The van der Waals surface area contributed by atoms with Gasteiger partial charge < -0.3 is 5.32 Å². The Hall–Kier alpha value is -0.980. The maximum Gasteiger partial charge on any atom is 0.291 e. The van der Waals surface area contributed by atoms with Crippen molar-refractivity contribution >= 4 is 39.7 Å². The average molecular weight is 324 g/mol. The Balaban J connectivity index is 2.11. The zero-order valence-electron chi connectivity index (χ0n) is 9.70. The number of alkyl halides is 2. The van der Waals surface area contributed by atoms with Crippen LogP contribution in [0.15, 0.2) is 18.2 Å². The van der Waals surface area contributed by atoms with Gasteiger partial charge in [0.05, 0.1) is 16.1 Å². The van der Waals surface area contributed by atoms with Crippen molar-refractivity contribution in [1.29, 1.82) is 0 Å². The van der Waals surface area contributed by atoms with E-state index in [1.807, 2.05) is 6.92 Å². The van der Waals surface area contributed by atoms with Crippen LogP contribution in [0.5, 0.6) is 0 Å². The van der Waals surface area contributed by atoms with E-state index in [9.17, 15) is 8.78 Å². The highest BCUT2D eigenvalue weighted by Gasteiger charge is 2.15.